The molecular weight excluding hydrogens is 211 g/mol. The highest BCUT2D eigenvalue weighted by Gasteiger charge is 2.64. The van der Waals surface area contributed by atoms with Gasteiger partial charge < -0.3 is 21.5 Å². The Morgan fingerprint density at radius 3 is 1.15 bits per heavy atom. The predicted octanol–water partition coefficient (Wildman–Crippen LogP) is -1.21. The number of carboxylic acid groups (broad SMARTS) is 1. The van der Waals surface area contributed by atoms with Crippen LogP contribution >= 0.6 is 0 Å². The van der Waals surface area contributed by atoms with Gasteiger partial charge in [-0.1, -0.05) is 0 Å². The standard InChI is InChI=1S/C3HF5O2.3H2O/c4-2(5,1(9)10)3(6,7)8;;;/h(H,9,10);3*1H2. The normalized spacial score (nSPS) is 10.2. The number of alkyl halides is 5. The number of aliphatic carboxylic acids is 1. The van der Waals surface area contributed by atoms with Crippen molar-refractivity contribution in [3.8, 4) is 0 Å². The lowest BCUT2D eigenvalue weighted by atomic mass is 10.3. The molecule has 0 aromatic rings. The van der Waals surface area contributed by atoms with E-state index in [9.17, 15) is 26.7 Å². The predicted molar refractivity (Wildman–Crippen MR) is 29.5 cm³/mol. The minimum atomic E-state index is -6.02. The van der Waals surface area contributed by atoms with Crippen molar-refractivity contribution in [3.05, 3.63) is 0 Å². The first-order valence-electron chi connectivity index (χ1n) is 1.87. The SMILES string of the molecule is O.O.O.O=C(O)C(F)(F)C(F)(F)F. The second-order valence-electron chi connectivity index (χ2n) is 1.38. The van der Waals surface area contributed by atoms with Gasteiger partial charge in [-0.15, -0.1) is 0 Å². The van der Waals surface area contributed by atoms with Gasteiger partial charge in [0.15, 0.2) is 0 Å². The van der Waals surface area contributed by atoms with Crippen LogP contribution in [0.2, 0.25) is 0 Å². The average molecular weight is 218 g/mol. The summed E-state index contributed by atoms with van der Waals surface area (Å²) >= 11 is 0. The van der Waals surface area contributed by atoms with Crippen molar-refractivity contribution in [2.24, 2.45) is 0 Å². The minimum absolute atomic E-state index is 0. The van der Waals surface area contributed by atoms with Crippen molar-refractivity contribution in [2.45, 2.75) is 12.1 Å². The molecule has 10 heteroatoms. The van der Waals surface area contributed by atoms with Gasteiger partial charge >= 0.3 is 18.1 Å². The summed E-state index contributed by atoms with van der Waals surface area (Å²) in [5.41, 5.74) is 0. The van der Waals surface area contributed by atoms with Gasteiger partial charge in [0.2, 0.25) is 0 Å². The maximum atomic E-state index is 11.3. The summed E-state index contributed by atoms with van der Waals surface area (Å²) < 4.78 is 55.5. The van der Waals surface area contributed by atoms with Crippen LogP contribution in [-0.4, -0.2) is 39.6 Å². The van der Waals surface area contributed by atoms with Crippen molar-refractivity contribution < 1.29 is 48.3 Å². The molecule has 0 aliphatic carbocycles. The van der Waals surface area contributed by atoms with Crippen molar-refractivity contribution in [1.29, 1.82) is 0 Å². The monoisotopic (exact) mass is 218 g/mol. The molecule has 0 rings (SSSR count). The molecule has 0 radical (unpaired) electrons. The zero-order valence-corrected chi connectivity index (χ0v) is 5.75. The van der Waals surface area contributed by atoms with E-state index in [2.05, 4.69) is 0 Å². The van der Waals surface area contributed by atoms with E-state index in [0.29, 0.717) is 0 Å². The summed E-state index contributed by atoms with van der Waals surface area (Å²) in [5.74, 6) is -8.84. The van der Waals surface area contributed by atoms with E-state index in [-0.39, 0.29) is 16.4 Å². The molecule has 0 fully saturated rings. The molecule has 0 unspecified atom stereocenters. The number of hydrogen-bond donors (Lipinski definition) is 1. The quantitative estimate of drug-likeness (QED) is 0.553. The first-order chi connectivity index (χ1) is 4.19. The van der Waals surface area contributed by atoms with Gasteiger partial charge in [0.25, 0.3) is 0 Å². The highest BCUT2D eigenvalue weighted by molar-refractivity contribution is 5.76. The topological polar surface area (TPSA) is 132 Å². The average Bonchev–Trinajstić information content (AvgIpc) is 1.62. The number of carboxylic acids is 1. The molecule has 84 valence electrons. The number of carbonyl (C=O) groups is 1. The van der Waals surface area contributed by atoms with Crippen LogP contribution in [0.4, 0.5) is 22.0 Å². The van der Waals surface area contributed by atoms with Crippen LogP contribution in [0.25, 0.3) is 0 Å². The van der Waals surface area contributed by atoms with Gasteiger partial charge in [-0.3, -0.25) is 0 Å². The molecule has 0 spiro atoms. The van der Waals surface area contributed by atoms with Crippen molar-refractivity contribution in [3.63, 3.8) is 0 Å². The molecule has 0 aromatic heterocycles. The van der Waals surface area contributed by atoms with Gasteiger partial charge in [-0.05, 0) is 0 Å². The lowest BCUT2D eigenvalue weighted by molar-refractivity contribution is -0.277. The fraction of sp³-hybridized carbons (Fsp3) is 0.667. The molecule has 0 amide bonds. The summed E-state index contributed by atoms with van der Waals surface area (Å²) in [4.78, 5) is 9.20. The van der Waals surface area contributed by atoms with Crippen LogP contribution in [0.5, 0.6) is 0 Å². The fourth-order valence-corrected chi connectivity index (χ4v) is 0.121. The van der Waals surface area contributed by atoms with E-state index in [1.165, 1.54) is 0 Å². The number of rotatable bonds is 1. The lowest BCUT2D eigenvalue weighted by Crippen LogP contribution is -2.43. The first-order valence-corrected chi connectivity index (χ1v) is 1.87. The third-order valence-corrected chi connectivity index (χ3v) is 0.625. The van der Waals surface area contributed by atoms with Gasteiger partial charge in [0.05, 0.1) is 0 Å². The van der Waals surface area contributed by atoms with Gasteiger partial charge in [-0.25, -0.2) is 4.79 Å². The third-order valence-electron chi connectivity index (χ3n) is 0.625. The van der Waals surface area contributed by atoms with E-state index in [1.807, 2.05) is 0 Å². The van der Waals surface area contributed by atoms with Gasteiger partial charge in [0.1, 0.15) is 0 Å². The molecule has 0 atom stereocenters. The highest BCUT2D eigenvalue weighted by Crippen LogP contribution is 2.35. The maximum absolute atomic E-state index is 11.3. The lowest BCUT2D eigenvalue weighted by Gasteiger charge is -2.13. The van der Waals surface area contributed by atoms with Crippen LogP contribution in [0, 0.1) is 0 Å². The smallest absolute Gasteiger partial charge is 0.465 e. The zero-order valence-electron chi connectivity index (χ0n) is 5.75. The molecule has 13 heavy (non-hydrogen) atoms. The van der Waals surface area contributed by atoms with E-state index in [0.717, 1.165) is 0 Å². The molecule has 0 aromatic carbocycles. The van der Waals surface area contributed by atoms with Crippen molar-refractivity contribution in [2.75, 3.05) is 0 Å². The summed E-state index contributed by atoms with van der Waals surface area (Å²) in [6, 6.07) is 0. The summed E-state index contributed by atoms with van der Waals surface area (Å²) in [5, 5.41) is 7.31. The van der Waals surface area contributed by atoms with E-state index < -0.39 is 18.1 Å². The Labute approximate surface area is 67.7 Å². The molecule has 5 nitrogen and oxygen atoms in total. The Bertz CT molecular complexity index is 153. The Morgan fingerprint density at radius 2 is 1.15 bits per heavy atom. The molecule has 0 heterocycles. The van der Waals surface area contributed by atoms with Crippen molar-refractivity contribution >= 4 is 5.97 Å². The van der Waals surface area contributed by atoms with E-state index >= 15 is 0 Å². The Balaban J connectivity index is -0.000000135. The minimum Gasteiger partial charge on any atom is -0.477 e. The van der Waals surface area contributed by atoms with Gasteiger partial charge in [0, 0.05) is 0 Å². The van der Waals surface area contributed by atoms with Crippen LogP contribution in [0.15, 0.2) is 0 Å². The molecule has 7 N–H and O–H groups in total. The molecule has 0 aliphatic rings. The largest absolute Gasteiger partial charge is 0.477 e. The molecule has 0 saturated carbocycles. The zero-order chi connectivity index (χ0) is 8.58. The Morgan fingerprint density at radius 1 is 0.923 bits per heavy atom. The summed E-state index contributed by atoms with van der Waals surface area (Å²) in [7, 11) is 0. The fourth-order valence-electron chi connectivity index (χ4n) is 0.121. The maximum Gasteiger partial charge on any atom is 0.465 e. The molecule has 0 aliphatic heterocycles. The van der Waals surface area contributed by atoms with Crippen molar-refractivity contribution in [1.82, 2.24) is 0 Å². The molecule has 0 bridgehead atoms. The Hall–Kier alpha value is -1.00. The molecular formula is C3H7F5O5. The van der Waals surface area contributed by atoms with E-state index in [4.69, 9.17) is 5.11 Å². The summed E-state index contributed by atoms with van der Waals surface area (Å²) in [6.07, 6.45) is -6.02. The van der Waals surface area contributed by atoms with E-state index in [1.54, 1.807) is 0 Å². The first kappa shape index (κ1) is 22.7. The molecule has 0 saturated heterocycles. The van der Waals surface area contributed by atoms with Crippen LogP contribution < -0.4 is 0 Å². The number of hydrogen-bond acceptors (Lipinski definition) is 1. The highest BCUT2D eigenvalue weighted by atomic mass is 19.4. The van der Waals surface area contributed by atoms with Crippen LogP contribution in [-0.2, 0) is 4.79 Å². The summed E-state index contributed by atoms with van der Waals surface area (Å²) in [6.45, 7) is 0. The number of halogens is 5. The van der Waals surface area contributed by atoms with Crippen LogP contribution in [0.3, 0.4) is 0 Å². The second-order valence-corrected chi connectivity index (χ2v) is 1.38. The third kappa shape index (κ3) is 4.55. The second kappa shape index (κ2) is 5.61. The Kier molecular flexibility index (Phi) is 9.79. The van der Waals surface area contributed by atoms with Crippen LogP contribution in [0.1, 0.15) is 0 Å². The van der Waals surface area contributed by atoms with Gasteiger partial charge in [-0.2, -0.15) is 22.0 Å².